The number of alkyl halides is 1. The van der Waals surface area contributed by atoms with Gasteiger partial charge in [0.2, 0.25) is 0 Å². The molecule has 1 heterocycles. The maximum Gasteiger partial charge on any atom is 0.410 e. The highest BCUT2D eigenvalue weighted by Crippen LogP contribution is 2.21. The summed E-state index contributed by atoms with van der Waals surface area (Å²) in [4.78, 5) is 13.2. The molecule has 0 bridgehead atoms. The van der Waals surface area contributed by atoms with Gasteiger partial charge in [0.05, 0.1) is 0 Å². The molecule has 1 amide bonds. The number of nitrogens with zero attached hydrogens (tertiary/aromatic N) is 1. The lowest BCUT2D eigenvalue weighted by molar-refractivity contribution is 0.00859. The van der Waals surface area contributed by atoms with Crippen LogP contribution in [0.1, 0.15) is 34.1 Å². The molecule has 1 fully saturated rings. The van der Waals surface area contributed by atoms with Gasteiger partial charge in [-0.15, -0.1) is 0 Å². The molecule has 3 nitrogen and oxygen atoms in total. The first-order valence-electron chi connectivity index (χ1n) is 5.41. The van der Waals surface area contributed by atoms with Crippen molar-refractivity contribution in [2.45, 2.75) is 45.9 Å². The fourth-order valence-corrected chi connectivity index (χ4v) is 1.61. The normalized spacial score (nSPS) is 27.7. The topological polar surface area (TPSA) is 29.5 Å². The van der Waals surface area contributed by atoms with Crippen LogP contribution in [0.4, 0.5) is 9.18 Å². The first-order valence-corrected chi connectivity index (χ1v) is 5.41. The maximum atomic E-state index is 13.2. The summed E-state index contributed by atoms with van der Waals surface area (Å²) in [5, 5.41) is 0. The minimum Gasteiger partial charge on any atom is -0.444 e. The Morgan fingerprint density at radius 3 is 2.53 bits per heavy atom. The standard InChI is InChI=1S/C11H20FNO2/c1-8-7-13(6-5-9(8)12)10(14)15-11(2,3)4/h8-9H,5-7H2,1-4H3/t8-,9+/m1/s1. The van der Waals surface area contributed by atoms with Crippen molar-refractivity contribution in [2.24, 2.45) is 5.92 Å². The Hall–Kier alpha value is -0.800. The Kier molecular flexibility index (Phi) is 3.58. The van der Waals surface area contributed by atoms with Gasteiger partial charge in [0.25, 0.3) is 0 Å². The van der Waals surface area contributed by atoms with Crippen molar-refractivity contribution in [1.29, 1.82) is 0 Å². The Bertz CT molecular complexity index is 237. The quantitative estimate of drug-likeness (QED) is 0.624. The van der Waals surface area contributed by atoms with Crippen molar-refractivity contribution < 1.29 is 13.9 Å². The molecular formula is C11H20FNO2. The number of likely N-dealkylation sites (tertiary alicyclic amines) is 1. The van der Waals surface area contributed by atoms with Crippen LogP contribution in [0.15, 0.2) is 0 Å². The largest absolute Gasteiger partial charge is 0.444 e. The van der Waals surface area contributed by atoms with E-state index >= 15 is 0 Å². The van der Waals surface area contributed by atoms with E-state index in [1.165, 1.54) is 0 Å². The molecule has 0 aromatic carbocycles. The maximum absolute atomic E-state index is 13.2. The summed E-state index contributed by atoms with van der Waals surface area (Å²) < 4.78 is 18.4. The zero-order valence-electron chi connectivity index (χ0n) is 9.92. The minimum absolute atomic E-state index is 0.0914. The highest BCUT2D eigenvalue weighted by Gasteiger charge is 2.30. The summed E-state index contributed by atoms with van der Waals surface area (Å²) in [7, 11) is 0. The SMILES string of the molecule is C[C@@H]1CN(C(=O)OC(C)(C)C)CC[C@@H]1F. The van der Waals surface area contributed by atoms with Gasteiger partial charge in [-0.2, -0.15) is 0 Å². The predicted octanol–water partition coefficient (Wildman–Crippen LogP) is 2.60. The van der Waals surface area contributed by atoms with Crippen LogP contribution in [0.3, 0.4) is 0 Å². The number of ether oxygens (including phenoxy) is 1. The number of carbonyl (C=O) groups is 1. The van der Waals surface area contributed by atoms with Crippen molar-refractivity contribution in [2.75, 3.05) is 13.1 Å². The molecule has 4 heteroatoms. The Morgan fingerprint density at radius 1 is 1.47 bits per heavy atom. The molecule has 0 aromatic rings. The number of piperidine rings is 1. The molecule has 1 rings (SSSR count). The molecule has 0 radical (unpaired) electrons. The highest BCUT2D eigenvalue weighted by atomic mass is 19.1. The van der Waals surface area contributed by atoms with Crippen molar-refractivity contribution >= 4 is 6.09 Å². The molecule has 2 atom stereocenters. The molecule has 1 aliphatic heterocycles. The highest BCUT2D eigenvalue weighted by molar-refractivity contribution is 5.68. The van der Waals surface area contributed by atoms with Gasteiger partial charge in [0.1, 0.15) is 11.8 Å². The zero-order valence-corrected chi connectivity index (χ0v) is 9.92. The summed E-state index contributed by atoms with van der Waals surface area (Å²) in [5.74, 6) is -0.0914. The fourth-order valence-electron chi connectivity index (χ4n) is 1.61. The molecule has 0 aromatic heterocycles. The number of halogens is 1. The molecule has 15 heavy (non-hydrogen) atoms. The third kappa shape index (κ3) is 3.68. The van der Waals surface area contributed by atoms with Crippen LogP contribution in [-0.2, 0) is 4.74 Å². The molecule has 0 aliphatic carbocycles. The summed E-state index contributed by atoms with van der Waals surface area (Å²) in [6.45, 7) is 8.22. The van der Waals surface area contributed by atoms with Crippen LogP contribution in [0.5, 0.6) is 0 Å². The van der Waals surface area contributed by atoms with E-state index in [4.69, 9.17) is 4.74 Å². The Labute approximate surface area is 90.6 Å². The molecule has 0 N–H and O–H groups in total. The summed E-state index contributed by atoms with van der Waals surface area (Å²) >= 11 is 0. The van der Waals surface area contributed by atoms with Crippen LogP contribution in [-0.4, -0.2) is 35.9 Å². The number of carbonyl (C=O) groups excluding carboxylic acids is 1. The molecule has 1 aliphatic rings. The zero-order chi connectivity index (χ0) is 11.6. The van der Waals surface area contributed by atoms with Gasteiger partial charge in [0.15, 0.2) is 0 Å². The summed E-state index contributed by atoms with van der Waals surface area (Å²) in [6.07, 6.45) is -0.703. The molecule has 1 saturated heterocycles. The van der Waals surface area contributed by atoms with E-state index in [0.717, 1.165) is 0 Å². The summed E-state index contributed by atoms with van der Waals surface area (Å²) in [5.41, 5.74) is -0.479. The van der Waals surface area contributed by atoms with E-state index in [1.54, 1.807) is 4.90 Å². The van der Waals surface area contributed by atoms with Crippen LogP contribution in [0, 0.1) is 5.92 Å². The lowest BCUT2D eigenvalue weighted by Crippen LogP contribution is -2.45. The minimum atomic E-state index is -0.788. The summed E-state index contributed by atoms with van der Waals surface area (Å²) in [6, 6.07) is 0. The number of rotatable bonds is 0. The van der Waals surface area contributed by atoms with Gasteiger partial charge < -0.3 is 9.64 Å². The lowest BCUT2D eigenvalue weighted by atomic mass is 9.98. The van der Waals surface area contributed by atoms with E-state index in [2.05, 4.69) is 0 Å². The average molecular weight is 217 g/mol. The van der Waals surface area contributed by atoms with Gasteiger partial charge in [-0.3, -0.25) is 0 Å². The molecule has 0 spiro atoms. The second-order valence-corrected chi connectivity index (χ2v) is 5.21. The fraction of sp³-hybridized carbons (Fsp3) is 0.909. The van der Waals surface area contributed by atoms with Gasteiger partial charge in [-0.05, 0) is 27.2 Å². The third-order valence-electron chi connectivity index (χ3n) is 2.45. The van der Waals surface area contributed by atoms with Gasteiger partial charge >= 0.3 is 6.09 Å². The smallest absolute Gasteiger partial charge is 0.410 e. The molecular weight excluding hydrogens is 197 g/mol. The van der Waals surface area contributed by atoms with Crippen molar-refractivity contribution in [3.8, 4) is 0 Å². The molecule has 88 valence electrons. The van der Waals surface area contributed by atoms with Crippen LogP contribution in [0.25, 0.3) is 0 Å². The number of hydrogen-bond acceptors (Lipinski definition) is 2. The van der Waals surface area contributed by atoms with E-state index in [0.29, 0.717) is 19.5 Å². The van der Waals surface area contributed by atoms with E-state index < -0.39 is 11.8 Å². The van der Waals surface area contributed by atoms with Gasteiger partial charge in [0, 0.05) is 19.0 Å². The predicted molar refractivity (Wildman–Crippen MR) is 56.5 cm³/mol. The van der Waals surface area contributed by atoms with E-state index in [-0.39, 0.29) is 12.0 Å². The number of amides is 1. The van der Waals surface area contributed by atoms with Crippen LogP contribution in [0.2, 0.25) is 0 Å². The van der Waals surface area contributed by atoms with Gasteiger partial charge in [-0.25, -0.2) is 9.18 Å². The lowest BCUT2D eigenvalue weighted by Gasteiger charge is -2.34. The van der Waals surface area contributed by atoms with E-state index in [1.807, 2.05) is 27.7 Å². The van der Waals surface area contributed by atoms with Crippen molar-refractivity contribution in [3.63, 3.8) is 0 Å². The Morgan fingerprint density at radius 2 is 2.07 bits per heavy atom. The van der Waals surface area contributed by atoms with Crippen LogP contribution < -0.4 is 0 Å². The molecule has 0 saturated carbocycles. The second kappa shape index (κ2) is 4.37. The molecule has 0 unspecified atom stereocenters. The van der Waals surface area contributed by atoms with Crippen molar-refractivity contribution in [1.82, 2.24) is 4.90 Å². The third-order valence-corrected chi connectivity index (χ3v) is 2.45. The first kappa shape index (κ1) is 12.3. The Balaban J connectivity index is 2.48. The van der Waals surface area contributed by atoms with E-state index in [9.17, 15) is 9.18 Å². The van der Waals surface area contributed by atoms with Crippen molar-refractivity contribution in [3.05, 3.63) is 0 Å². The van der Waals surface area contributed by atoms with Crippen LogP contribution >= 0.6 is 0 Å². The average Bonchev–Trinajstić information content (AvgIpc) is 2.06. The second-order valence-electron chi connectivity index (χ2n) is 5.21. The monoisotopic (exact) mass is 217 g/mol. The first-order chi connectivity index (χ1) is 6.79. The van der Waals surface area contributed by atoms with Gasteiger partial charge in [-0.1, -0.05) is 6.92 Å². The number of hydrogen-bond donors (Lipinski definition) is 0.